The van der Waals surface area contributed by atoms with Gasteiger partial charge in [-0.3, -0.25) is 9.59 Å². The van der Waals surface area contributed by atoms with E-state index >= 15 is 0 Å². The number of halogens is 2. The minimum atomic E-state index is -0.959. The SMILES string of the molecule is CCN(CCC(=O)O)C(=O)c1ccc(F)cc1Br. The molecule has 0 aliphatic rings. The number of carboxylic acid groups (broad SMARTS) is 1. The van der Waals surface area contributed by atoms with Gasteiger partial charge in [0.15, 0.2) is 0 Å². The fourth-order valence-corrected chi connectivity index (χ4v) is 1.99. The van der Waals surface area contributed by atoms with Gasteiger partial charge in [-0.25, -0.2) is 4.39 Å². The van der Waals surface area contributed by atoms with Crippen LogP contribution in [0.3, 0.4) is 0 Å². The molecule has 0 saturated heterocycles. The van der Waals surface area contributed by atoms with E-state index in [1.54, 1.807) is 6.92 Å². The molecule has 1 aromatic rings. The molecule has 6 heteroatoms. The highest BCUT2D eigenvalue weighted by atomic mass is 79.9. The molecule has 0 saturated carbocycles. The number of carboxylic acids is 1. The monoisotopic (exact) mass is 317 g/mol. The molecule has 0 aromatic heterocycles. The third-order valence-electron chi connectivity index (χ3n) is 2.43. The normalized spacial score (nSPS) is 10.2. The number of benzene rings is 1. The molecule has 1 aromatic carbocycles. The number of rotatable bonds is 5. The molecule has 0 heterocycles. The molecular weight excluding hydrogens is 305 g/mol. The molecule has 0 aliphatic heterocycles. The van der Waals surface area contributed by atoms with Crippen molar-refractivity contribution in [3.63, 3.8) is 0 Å². The quantitative estimate of drug-likeness (QED) is 0.907. The molecule has 0 spiro atoms. The zero-order valence-electron chi connectivity index (χ0n) is 9.82. The van der Waals surface area contributed by atoms with Crippen molar-refractivity contribution < 1.29 is 19.1 Å². The van der Waals surface area contributed by atoms with Gasteiger partial charge in [-0.15, -0.1) is 0 Å². The maximum absolute atomic E-state index is 12.9. The number of amides is 1. The summed E-state index contributed by atoms with van der Waals surface area (Å²) in [6.07, 6.45) is -0.113. The van der Waals surface area contributed by atoms with Crippen LogP contribution in [0.4, 0.5) is 4.39 Å². The second-order valence-corrected chi connectivity index (χ2v) is 4.51. The number of carbonyl (C=O) groups excluding carboxylic acids is 1. The van der Waals surface area contributed by atoms with Crippen LogP contribution >= 0.6 is 15.9 Å². The minimum Gasteiger partial charge on any atom is -0.481 e. The van der Waals surface area contributed by atoms with Crippen LogP contribution in [0.25, 0.3) is 0 Å². The molecule has 0 unspecified atom stereocenters. The highest BCUT2D eigenvalue weighted by molar-refractivity contribution is 9.10. The van der Waals surface area contributed by atoms with Crippen molar-refractivity contribution in [2.75, 3.05) is 13.1 Å². The van der Waals surface area contributed by atoms with E-state index in [0.29, 0.717) is 16.6 Å². The largest absolute Gasteiger partial charge is 0.481 e. The van der Waals surface area contributed by atoms with Crippen LogP contribution in [-0.2, 0) is 4.79 Å². The van der Waals surface area contributed by atoms with Crippen molar-refractivity contribution in [3.8, 4) is 0 Å². The Morgan fingerprint density at radius 2 is 2.11 bits per heavy atom. The van der Waals surface area contributed by atoms with Crippen molar-refractivity contribution in [3.05, 3.63) is 34.1 Å². The lowest BCUT2D eigenvalue weighted by atomic mass is 10.2. The van der Waals surface area contributed by atoms with Crippen molar-refractivity contribution in [1.29, 1.82) is 0 Å². The van der Waals surface area contributed by atoms with E-state index in [2.05, 4.69) is 15.9 Å². The van der Waals surface area contributed by atoms with Crippen molar-refractivity contribution in [2.24, 2.45) is 0 Å². The molecule has 0 bridgehead atoms. The summed E-state index contributed by atoms with van der Waals surface area (Å²) < 4.78 is 13.3. The van der Waals surface area contributed by atoms with E-state index in [4.69, 9.17) is 5.11 Å². The number of carbonyl (C=O) groups is 2. The third kappa shape index (κ3) is 3.80. The molecule has 0 aliphatic carbocycles. The Kier molecular flexibility index (Phi) is 5.27. The van der Waals surface area contributed by atoms with Crippen LogP contribution in [0.1, 0.15) is 23.7 Å². The Bertz CT molecular complexity index is 465. The lowest BCUT2D eigenvalue weighted by Gasteiger charge is -2.20. The maximum atomic E-state index is 12.9. The molecular formula is C12H13BrFNO3. The van der Waals surface area contributed by atoms with Gasteiger partial charge in [0.05, 0.1) is 12.0 Å². The highest BCUT2D eigenvalue weighted by Crippen LogP contribution is 2.19. The second kappa shape index (κ2) is 6.49. The van der Waals surface area contributed by atoms with Gasteiger partial charge in [-0.2, -0.15) is 0 Å². The van der Waals surface area contributed by atoms with E-state index < -0.39 is 11.8 Å². The maximum Gasteiger partial charge on any atom is 0.305 e. The van der Waals surface area contributed by atoms with Gasteiger partial charge in [0.25, 0.3) is 5.91 Å². The summed E-state index contributed by atoms with van der Waals surface area (Å²) in [6, 6.07) is 3.78. The number of hydrogen-bond donors (Lipinski definition) is 1. The minimum absolute atomic E-state index is 0.113. The summed E-state index contributed by atoms with van der Waals surface area (Å²) >= 11 is 3.12. The molecule has 1 amide bonds. The van der Waals surface area contributed by atoms with Crippen LogP contribution in [0.2, 0.25) is 0 Å². The van der Waals surface area contributed by atoms with Crippen LogP contribution in [0, 0.1) is 5.82 Å². The zero-order valence-corrected chi connectivity index (χ0v) is 11.4. The fourth-order valence-electron chi connectivity index (χ4n) is 1.47. The Morgan fingerprint density at radius 1 is 1.44 bits per heavy atom. The second-order valence-electron chi connectivity index (χ2n) is 3.65. The van der Waals surface area contributed by atoms with Crippen LogP contribution < -0.4 is 0 Å². The first-order chi connectivity index (χ1) is 8.45. The molecule has 0 atom stereocenters. The number of nitrogens with zero attached hydrogens (tertiary/aromatic N) is 1. The van der Waals surface area contributed by atoms with Crippen molar-refractivity contribution in [2.45, 2.75) is 13.3 Å². The Hall–Kier alpha value is -1.43. The topological polar surface area (TPSA) is 57.6 Å². The van der Waals surface area contributed by atoms with Gasteiger partial charge in [-0.1, -0.05) is 0 Å². The lowest BCUT2D eigenvalue weighted by molar-refractivity contribution is -0.137. The first-order valence-corrected chi connectivity index (χ1v) is 6.21. The summed E-state index contributed by atoms with van der Waals surface area (Å²) in [6.45, 7) is 2.29. The Labute approximate surface area is 113 Å². The van der Waals surface area contributed by atoms with E-state index in [0.717, 1.165) is 0 Å². The van der Waals surface area contributed by atoms with Gasteiger partial charge in [0, 0.05) is 17.6 Å². The van der Waals surface area contributed by atoms with Gasteiger partial charge >= 0.3 is 5.97 Å². The van der Waals surface area contributed by atoms with E-state index in [9.17, 15) is 14.0 Å². The summed E-state index contributed by atoms with van der Waals surface area (Å²) in [4.78, 5) is 24.0. The third-order valence-corrected chi connectivity index (χ3v) is 3.08. The molecule has 18 heavy (non-hydrogen) atoms. The lowest BCUT2D eigenvalue weighted by Crippen LogP contribution is -2.33. The van der Waals surface area contributed by atoms with E-state index in [-0.39, 0.29) is 18.9 Å². The average molecular weight is 318 g/mol. The van der Waals surface area contributed by atoms with Crippen molar-refractivity contribution >= 4 is 27.8 Å². The van der Waals surface area contributed by atoms with Crippen molar-refractivity contribution in [1.82, 2.24) is 4.90 Å². The van der Waals surface area contributed by atoms with Gasteiger partial charge in [0.1, 0.15) is 5.82 Å². The van der Waals surface area contributed by atoms with Crippen LogP contribution in [0.15, 0.2) is 22.7 Å². The first-order valence-electron chi connectivity index (χ1n) is 5.41. The zero-order chi connectivity index (χ0) is 13.7. The van der Waals surface area contributed by atoms with E-state index in [1.807, 2.05) is 0 Å². The van der Waals surface area contributed by atoms with Gasteiger partial charge in [0.2, 0.25) is 0 Å². The van der Waals surface area contributed by atoms with Crippen LogP contribution in [0.5, 0.6) is 0 Å². The first kappa shape index (κ1) is 14.6. The standard InChI is InChI=1S/C12H13BrFNO3/c1-2-15(6-5-11(16)17)12(18)9-4-3-8(14)7-10(9)13/h3-4,7H,2,5-6H2,1H3,(H,16,17). The molecule has 0 radical (unpaired) electrons. The predicted octanol–water partition coefficient (Wildman–Crippen LogP) is 2.53. The fraction of sp³-hybridized carbons (Fsp3) is 0.333. The highest BCUT2D eigenvalue weighted by Gasteiger charge is 2.17. The number of hydrogen-bond acceptors (Lipinski definition) is 2. The van der Waals surface area contributed by atoms with Crippen LogP contribution in [-0.4, -0.2) is 35.0 Å². The van der Waals surface area contributed by atoms with Gasteiger partial charge in [-0.05, 0) is 41.1 Å². The summed E-state index contributed by atoms with van der Waals surface area (Å²) in [5, 5.41) is 8.60. The average Bonchev–Trinajstić information content (AvgIpc) is 2.29. The summed E-state index contributed by atoms with van der Waals surface area (Å²) in [7, 11) is 0. The molecule has 1 rings (SSSR count). The summed E-state index contributed by atoms with van der Waals surface area (Å²) in [5.41, 5.74) is 0.323. The predicted molar refractivity (Wildman–Crippen MR) is 67.9 cm³/mol. The Balaban J connectivity index is 2.86. The molecule has 4 nitrogen and oxygen atoms in total. The number of aliphatic carboxylic acids is 1. The summed E-state index contributed by atoms with van der Waals surface area (Å²) in [5.74, 6) is -1.71. The molecule has 0 fully saturated rings. The van der Waals surface area contributed by atoms with Gasteiger partial charge < -0.3 is 10.0 Å². The smallest absolute Gasteiger partial charge is 0.305 e. The molecule has 1 N–H and O–H groups in total. The molecule has 98 valence electrons. The van der Waals surface area contributed by atoms with E-state index in [1.165, 1.54) is 23.1 Å². The Morgan fingerprint density at radius 3 is 2.61 bits per heavy atom.